The van der Waals surface area contributed by atoms with Crippen molar-refractivity contribution in [1.29, 1.82) is 0 Å². The fourth-order valence-electron chi connectivity index (χ4n) is 0.858. The predicted molar refractivity (Wildman–Crippen MR) is 48.0 cm³/mol. The Bertz CT molecular complexity index is 336. The lowest BCUT2D eigenvalue weighted by molar-refractivity contribution is 0.104. The SMILES string of the molecule is CC(C)=CC(=O)c1ccc(F)cn1. The monoisotopic (exact) mass is 179 g/mol. The fourth-order valence-corrected chi connectivity index (χ4v) is 0.858. The average Bonchev–Trinajstić information content (AvgIpc) is 2.04. The predicted octanol–water partition coefficient (Wildman–Crippen LogP) is 2.37. The van der Waals surface area contributed by atoms with Crippen molar-refractivity contribution in [3.8, 4) is 0 Å². The zero-order valence-electron chi connectivity index (χ0n) is 7.54. The second kappa shape index (κ2) is 3.94. The van der Waals surface area contributed by atoms with Gasteiger partial charge in [0.15, 0.2) is 0 Å². The van der Waals surface area contributed by atoms with Gasteiger partial charge in [-0.1, -0.05) is 5.57 Å². The maximum Gasteiger partial charge on any atom is 0.204 e. The van der Waals surface area contributed by atoms with Gasteiger partial charge in [-0.05, 0) is 32.1 Å². The molecule has 1 rings (SSSR count). The highest BCUT2D eigenvalue weighted by atomic mass is 19.1. The van der Waals surface area contributed by atoms with Crippen molar-refractivity contribution >= 4 is 5.78 Å². The molecule has 0 unspecified atom stereocenters. The Morgan fingerprint density at radius 2 is 2.15 bits per heavy atom. The molecule has 0 saturated heterocycles. The Morgan fingerprint density at radius 3 is 2.62 bits per heavy atom. The van der Waals surface area contributed by atoms with Gasteiger partial charge >= 0.3 is 0 Å². The number of rotatable bonds is 2. The molecule has 0 aromatic carbocycles. The second-order valence-electron chi connectivity index (χ2n) is 2.95. The normalized spacial score (nSPS) is 9.46. The van der Waals surface area contributed by atoms with Crippen LogP contribution in [0.5, 0.6) is 0 Å². The first-order valence-electron chi connectivity index (χ1n) is 3.90. The first-order chi connectivity index (χ1) is 6.09. The van der Waals surface area contributed by atoms with Crippen LogP contribution in [0.1, 0.15) is 24.3 Å². The molecule has 0 N–H and O–H groups in total. The van der Waals surface area contributed by atoms with E-state index in [-0.39, 0.29) is 11.5 Å². The molecule has 0 amide bonds. The Morgan fingerprint density at radius 1 is 1.46 bits per heavy atom. The quantitative estimate of drug-likeness (QED) is 0.515. The van der Waals surface area contributed by atoms with Gasteiger partial charge in [0, 0.05) is 0 Å². The summed E-state index contributed by atoms with van der Waals surface area (Å²) in [4.78, 5) is 15.0. The van der Waals surface area contributed by atoms with Gasteiger partial charge in [0.25, 0.3) is 0 Å². The average molecular weight is 179 g/mol. The molecule has 0 atom stereocenters. The van der Waals surface area contributed by atoms with Crippen LogP contribution in [-0.2, 0) is 0 Å². The van der Waals surface area contributed by atoms with E-state index in [0.717, 1.165) is 11.8 Å². The van der Waals surface area contributed by atoms with Crippen molar-refractivity contribution in [2.24, 2.45) is 0 Å². The molecule has 0 spiro atoms. The van der Waals surface area contributed by atoms with Gasteiger partial charge in [-0.3, -0.25) is 4.79 Å². The van der Waals surface area contributed by atoms with Crippen LogP contribution in [-0.4, -0.2) is 10.8 Å². The van der Waals surface area contributed by atoms with Crippen LogP contribution in [0, 0.1) is 5.82 Å². The molecule has 0 radical (unpaired) electrons. The summed E-state index contributed by atoms with van der Waals surface area (Å²) in [5, 5.41) is 0. The molecule has 0 aliphatic rings. The highest BCUT2D eigenvalue weighted by Crippen LogP contribution is 2.01. The topological polar surface area (TPSA) is 30.0 Å². The van der Waals surface area contributed by atoms with E-state index in [4.69, 9.17) is 0 Å². The van der Waals surface area contributed by atoms with Gasteiger partial charge in [-0.15, -0.1) is 0 Å². The van der Waals surface area contributed by atoms with Gasteiger partial charge in [0.2, 0.25) is 5.78 Å². The number of pyridine rings is 1. The Labute approximate surface area is 76.1 Å². The van der Waals surface area contributed by atoms with Crippen LogP contribution in [0.25, 0.3) is 0 Å². The van der Waals surface area contributed by atoms with Crippen molar-refractivity contribution < 1.29 is 9.18 Å². The van der Waals surface area contributed by atoms with Gasteiger partial charge in [0.1, 0.15) is 11.5 Å². The highest BCUT2D eigenvalue weighted by molar-refractivity contribution is 6.03. The van der Waals surface area contributed by atoms with Crippen molar-refractivity contribution in [3.05, 3.63) is 41.5 Å². The van der Waals surface area contributed by atoms with Crippen LogP contribution in [0.3, 0.4) is 0 Å². The minimum absolute atomic E-state index is 0.194. The first-order valence-corrected chi connectivity index (χ1v) is 3.90. The van der Waals surface area contributed by atoms with Crippen LogP contribution in [0.4, 0.5) is 4.39 Å². The lowest BCUT2D eigenvalue weighted by Crippen LogP contribution is -1.98. The van der Waals surface area contributed by atoms with Gasteiger partial charge in [-0.2, -0.15) is 0 Å². The second-order valence-corrected chi connectivity index (χ2v) is 2.95. The maximum atomic E-state index is 12.4. The number of nitrogens with zero attached hydrogens (tertiary/aromatic N) is 1. The van der Waals surface area contributed by atoms with E-state index in [2.05, 4.69) is 4.98 Å². The molecule has 0 aliphatic heterocycles. The van der Waals surface area contributed by atoms with Crippen molar-refractivity contribution in [1.82, 2.24) is 4.98 Å². The third kappa shape index (κ3) is 2.78. The number of ketones is 1. The van der Waals surface area contributed by atoms with E-state index in [1.807, 2.05) is 13.8 Å². The van der Waals surface area contributed by atoms with Crippen molar-refractivity contribution in [3.63, 3.8) is 0 Å². The first kappa shape index (κ1) is 9.58. The van der Waals surface area contributed by atoms with Crippen molar-refractivity contribution in [2.45, 2.75) is 13.8 Å². The van der Waals surface area contributed by atoms with Crippen LogP contribution in [0.2, 0.25) is 0 Å². The third-order valence-electron chi connectivity index (χ3n) is 1.40. The zero-order chi connectivity index (χ0) is 9.84. The molecule has 13 heavy (non-hydrogen) atoms. The summed E-state index contributed by atoms with van der Waals surface area (Å²) in [6, 6.07) is 2.59. The summed E-state index contributed by atoms with van der Waals surface area (Å²) in [6.07, 6.45) is 2.51. The molecular formula is C10H10FNO. The van der Waals surface area contributed by atoms with Crippen LogP contribution < -0.4 is 0 Å². The molecule has 0 aliphatic carbocycles. The number of halogens is 1. The van der Waals surface area contributed by atoms with E-state index in [0.29, 0.717) is 0 Å². The Kier molecular flexibility index (Phi) is 2.90. The van der Waals surface area contributed by atoms with E-state index in [1.54, 1.807) is 0 Å². The number of aromatic nitrogens is 1. The number of carbonyl (C=O) groups excluding carboxylic acids is 1. The molecule has 1 aromatic rings. The van der Waals surface area contributed by atoms with E-state index >= 15 is 0 Å². The fraction of sp³-hybridized carbons (Fsp3) is 0.200. The lowest BCUT2D eigenvalue weighted by atomic mass is 10.2. The molecule has 0 fully saturated rings. The van der Waals surface area contributed by atoms with E-state index in [9.17, 15) is 9.18 Å². The maximum absolute atomic E-state index is 12.4. The molecular weight excluding hydrogens is 169 g/mol. The van der Waals surface area contributed by atoms with Gasteiger partial charge in [-0.25, -0.2) is 9.37 Å². The Balaban J connectivity index is 2.90. The summed E-state index contributed by atoms with van der Waals surface area (Å²) < 4.78 is 12.4. The number of hydrogen-bond donors (Lipinski definition) is 0. The van der Waals surface area contributed by atoms with E-state index in [1.165, 1.54) is 18.2 Å². The summed E-state index contributed by atoms with van der Waals surface area (Å²) in [7, 11) is 0. The minimum atomic E-state index is -0.436. The number of carbonyl (C=O) groups is 1. The molecule has 1 heterocycles. The van der Waals surface area contributed by atoms with Crippen LogP contribution >= 0.6 is 0 Å². The molecule has 0 bridgehead atoms. The summed E-state index contributed by atoms with van der Waals surface area (Å²) in [6.45, 7) is 3.64. The summed E-state index contributed by atoms with van der Waals surface area (Å²) in [5.74, 6) is -0.631. The molecule has 1 aromatic heterocycles. The van der Waals surface area contributed by atoms with Crippen molar-refractivity contribution in [2.75, 3.05) is 0 Å². The van der Waals surface area contributed by atoms with Gasteiger partial charge < -0.3 is 0 Å². The summed E-state index contributed by atoms with van der Waals surface area (Å²) in [5.41, 5.74) is 1.17. The number of allylic oxidation sites excluding steroid dienone is 2. The smallest absolute Gasteiger partial charge is 0.204 e. The molecule has 68 valence electrons. The molecule has 2 nitrogen and oxygen atoms in total. The lowest BCUT2D eigenvalue weighted by Gasteiger charge is -1.94. The zero-order valence-corrected chi connectivity index (χ0v) is 7.54. The summed E-state index contributed by atoms with van der Waals surface area (Å²) >= 11 is 0. The Hall–Kier alpha value is -1.51. The number of hydrogen-bond acceptors (Lipinski definition) is 2. The molecule has 0 saturated carbocycles. The van der Waals surface area contributed by atoms with E-state index < -0.39 is 5.82 Å². The minimum Gasteiger partial charge on any atom is -0.288 e. The standard InChI is InChI=1S/C10H10FNO/c1-7(2)5-10(13)9-4-3-8(11)6-12-9/h3-6H,1-2H3. The highest BCUT2D eigenvalue weighted by Gasteiger charge is 2.03. The third-order valence-corrected chi connectivity index (χ3v) is 1.40. The largest absolute Gasteiger partial charge is 0.288 e. The molecule has 3 heteroatoms. The van der Waals surface area contributed by atoms with Crippen LogP contribution in [0.15, 0.2) is 30.0 Å². The van der Waals surface area contributed by atoms with Gasteiger partial charge in [0.05, 0.1) is 6.20 Å².